The van der Waals surface area contributed by atoms with Crippen LogP contribution in [0.3, 0.4) is 0 Å². The van der Waals surface area contributed by atoms with Gasteiger partial charge in [0.25, 0.3) is 5.91 Å². The van der Waals surface area contributed by atoms with Gasteiger partial charge < -0.3 is 19.7 Å². The van der Waals surface area contributed by atoms with Crippen molar-refractivity contribution in [3.05, 3.63) is 46.3 Å². The molecule has 2 N–H and O–H groups in total. The average Bonchev–Trinajstić information content (AvgIpc) is 2.90. The van der Waals surface area contributed by atoms with Gasteiger partial charge in [-0.15, -0.1) is 0 Å². The van der Waals surface area contributed by atoms with Crippen LogP contribution >= 0.6 is 11.6 Å². The molecule has 0 saturated heterocycles. The quantitative estimate of drug-likeness (QED) is 0.879. The molecule has 2 aromatic rings. The highest BCUT2D eigenvalue weighted by atomic mass is 35.5. The van der Waals surface area contributed by atoms with E-state index in [4.69, 9.17) is 26.0 Å². The maximum Gasteiger partial charge on any atom is 0.335 e. The van der Waals surface area contributed by atoms with E-state index in [-0.39, 0.29) is 28.6 Å². The average molecular weight is 311 g/mol. The number of hydrogen-bond acceptors (Lipinski definition) is 5. The van der Waals surface area contributed by atoms with Crippen molar-refractivity contribution < 1.29 is 24.0 Å². The lowest BCUT2D eigenvalue weighted by molar-refractivity contribution is 0.0696. The molecule has 8 heteroatoms. The van der Waals surface area contributed by atoms with Gasteiger partial charge in [0.05, 0.1) is 16.3 Å². The molecule has 0 saturated carbocycles. The van der Waals surface area contributed by atoms with E-state index in [1.165, 1.54) is 31.4 Å². The van der Waals surface area contributed by atoms with Crippen molar-refractivity contribution in [2.45, 2.75) is 6.61 Å². The van der Waals surface area contributed by atoms with Crippen molar-refractivity contribution in [3.63, 3.8) is 0 Å². The van der Waals surface area contributed by atoms with Crippen LogP contribution in [0.4, 0.5) is 5.69 Å². The number of aromatic carboxylic acids is 1. The summed E-state index contributed by atoms with van der Waals surface area (Å²) in [6.45, 7) is 0.190. The second kappa shape index (κ2) is 6.38. The molecule has 1 aromatic carbocycles. The summed E-state index contributed by atoms with van der Waals surface area (Å²) >= 11 is 5.92. The minimum absolute atomic E-state index is 0.00919. The predicted molar refractivity (Wildman–Crippen MR) is 73.6 cm³/mol. The molecule has 21 heavy (non-hydrogen) atoms. The van der Waals surface area contributed by atoms with Crippen LogP contribution in [0.5, 0.6) is 0 Å². The van der Waals surface area contributed by atoms with Gasteiger partial charge in [0.1, 0.15) is 6.61 Å². The summed E-state index contributed by atoms with van der Waals surface area (Å²) < 4.78 is 9.74. The molecule has 0 bridgehead atoms. The number of aromatic nitrogens is 1. The Kier molecular flexibility index (Phi) is 4.56. The number of rotatable bonds is 5. The highest BCUT2D eigenvalue weighted by Gasteiger charge is 2.15. The number of hydrogen-bond donors (Lipinski definition) is 2. The second-order valence-corrected chi connectivity index (χ2v) is 4.47. The number of methoxy groups -OCH3 is 1. The molecule has 0 atom stereocenters. The van der Waals surface area contributed by atoms with Crippen molar-refractivity contribution in [2.24, 2.45) is 0 Å². The van der Waals surface area contributed by atoms with Crippen molar-refractivity contribution in [3.8, 4) is 0 Å². The fraction of sp³-hybridized carbons (Fsp3) is 0.154. The molecular weight excluding hydrogens is 300 g/mol. The Morgan fingerprint density at radius 3 is 2.86 bits per heavy atom. The summed E-state index contributed by atoms with van der Waals surface area (Å²) in [5.74, 6) is -1.29. The van der Waals surface area contributed by atoms with E-state index in [0.29, 0.717) is 5.76 Å². The minimum Gasteiger partial charge on any atom is -0.478 e. The number of amides is 1. The molecule has 0 spiro atoms. The van der Waals surface area contributed by atoms with Gasteiger partial charge in [-0.3, -0.25) is 4.79 Å². The van der Waals surface area contributed by atoms with Crippen LogP contribution < -0.4 is 5.32 Å². The summed E-state index contributed by atoms with van der Waals surface area (Å²) in [6.07, 6.45) is 0. The molecule has 0 aliphatic carbocycles. The molecular formula is C13H11ClN2O5. The summed E-state index contributed by atoms with van der Waals surface area (Å²) in [5, 5.41) is 15.2. The molecule has 1 heterocycles. The summed E-state index contributed by atoms with van der Waals surface area (Å²) in [4.78, 5) is 22.9. The fourth-order valence-electron chi connectivity index (χ4n) is 1.57. The Morgan fingerprint density at radius 2 is 2.19 bits per heavy atom. The number of carboxylic acid groups (broad SMARTS) is 1. The first kappa shape index (κ1) is 15.0. The van der Waals surface area contributed by atoms with Gasteiger partial charge in [-0.05, 0) is 18.2 Å². The zero-order valence-corrected chi connectivity index (χ0v) is 11.7. The number of carbonyl (C=O) groups excluding carboxylic acids is 1. The van der Waals surface area contributed by atoms with Crippen molar-refractivity contribution in [2.75, 3.05) is 12.4 Å². The van der Waals surface area contributed by atoms with Crippen molar-refractivity contribution in [1.82, 2.24) is 5.16 Å². The van der Waals surface area contributed by atoms with E-state index in [1.807, 2.05) is 0 Å². The van der Waals surface area contributed by atoms with E-state index in [0.717, 1.165) is 0 Å². The van der Waals surface area contributed by atoms with Gasteiger partial charge in [-0.2, -0.15) is 0 Å². The van der Waals surface area contributed by atoms with Gasteiger partial charge in [-0.25, -0.2) is 4.79 Å². The van der Waals surface area contributed by atoms with Crippen LogP contribution in [-0.2, 0) is 11.3 Å². The second-order valence-electron chi connectivity index (χ2n) is 4.07. The Morgan fingerprint density at radius 1 is 1.43 bits per heavy atom. The number of anilines is 1. The normalized spacial score (nSPS) is 10.4. The third-order valence-corrected chi connectivity index (χ3v) is 2.87. The lowest BCUT2D eigenvalue weighted by atomic mass is 10.2. The fourth-order valence-corrected chi connectivity index (χ4v) is 1.74. The molecule has 1 aromatic heterocycles. The zero-order valence-electron chi connectivity index (χ0n) is 10.9. The van der Waals surface area contributed by atoms with Crippen LogP contribution in [0.15, 0.2) is 28.8 Å². The number of benzene rings is 1. The van der Waals surface area contributed by atoms with Gasteiger partial charge in [-0.1, -0.05) is 16.8 Å². The molecule has 0 unspecified atom stereocenters. The van der Waals surface area contributed by atoms with E-state index in [2.05, 4.69) is 10.5 Å². The number of carbonyl (C=O) groups is 2. The van der Waals surface area contributed by atoms with Crippen LogP contribution in [0.1, 0.15) is 26.6 Å². The zero-order chi connectivity index (χ0) is 15.4. The SMILES string of the molecule is COCc1cc(C(=O)Nc2cc(C(=O)O)ccc2Cl)no1. The molecule has 2 rings (SSSR count). The molecule has 0 aliphatic heterocycles. The van der Waals surface area contributed by atoms with E-state index < -0.39 is 11.9 Å². The van der Waals surface area contributed by atoms with Gasteiger partial charge >= 0.3 is 5.97 Å². The molecule has 0 fully saturated rings. The van der Waals surface area contributed by atoms with Crippen LogP contribution in [-0.4, -0.2) is 29.2 Å². The smallest absolute Gasteiger partial charge is 0.335 e. The molecule has 0 radical (unpaired) electrons. The largest absolute Gasteiger partial charge is 0.478 e. The summed E-state index contributed by atoms with van der Waals surface area (Å²) in [5.41, 5.74) is 0.228. The maximum atomic E-state index is 12.0. The topological polar surface area (TPSA) is 102 Å². The lowest BCUT2D eigenvalue weighted by Crippen LogP contribution is -2.13. The first-order chi connectivity index (χ1) is 10.0. The van der Waals surface area contributed by atoms with Gasteiger partial charge in [0, 0.05) is 13.2 Å². The third kappa shape index (κ3) is 3.59. The Balaban J connectivity index is 2.18. The van der Waals surface area contributed by atoms with Crippen molar-refractivity contribution in [1.29, 1.82) is 0 Å². The Bertz CT molecular complexity index is 683. The monoisotopic (exact) mass is 310 g/mol. The molecule has 110 valence electrons. The van der Waals surface area contributed by atoms with E-state index >= 15 is 0 Å². The predicted octanol–water partition coefficient (Wildman–Crippen LogP) is 2.42. The highest BCUT2D eigenvalue weighted by molar-refractivity contribution is 6.34. The van der Waals surface area contributed by atoms with Gasteiger partial charge in [0.2, 0.25) is 0 Å². The first-order valence-electron chi connectivity index (χ1n) is 5.80. The van der Waals surface area contributed by atoms with E-state index in [1.54, 1.807) is 0 Å². The number of nitrogens with one attached hydrogen (secondary N) is 1. The Hall–Kier alpha value is -2.38. The number of carboxylic acids is 1. The molecule has 7 nitrogen and oxygen atoms in total. The number of ether oxygens (including phenoxy) is 1. The van der Waals surface area contributed by atoms with Crippen LogP contribution in [0.2, 0.25) is 5.02 Å². The summed E-state index contributed by atoms with van der Waals surface area (Å²) in [7, 11) is 1.49. The van der Waals surface area contributed by atoms with E-state index in [9.17, 15) is 9.59 Å². The number of halogens is 1. The maximum absolute atomic E-state index is 12.0. The third-order valence-electron chi connectivity index (χ3n) is 2.54. The first-order valence-corrected chi connectivity index (χ1v) is 6.17. The summed E-state index contributed by atoms with van der Waals surface area (Å²) in [6, 6.07) is 5.42. The Labute approximate surface area is 124 Å². The minimum atomic E-state index is -1.12. The van der Waals surface area contributed by atoms with Crippen LogP contribution in [0, 0.1) is 0 Å². The van der Waals surface area contributed by atoms with Crippen molar-refractivity contribution >= 4 is 29.2 Å². The molecule has 1 amide bonds. The standard InChI is InChI=1S/C13H11ClN2O5/c1-20-6-8-5-11(16-21-8)12(17)15-10-4-7(13(18)19)2-3-9(10)14/h2-5H,6H2,1H3,(H,15,17)(H,18,19). The lowest BCUT2D eigenvalue weighted by Gasteiger charge is -2.06. The highest BCUT2D eigenvalue weighted by Crippen LogP contribution is 2.23. The molecule has 0 aliphatic rings. The number of nitrogens with zero attached hydrogens (tertiary/aromatic N) is 1. The van der Waals surface area contributed by atoms with Crippen LogP contribution in [0.25, 0.3) is 0 Å². The van der Waals surface area contributed by atoms with Gasteiger partial charge in [0.15, 0.2) is 11.5 Å².